The largest absolute Gasteiger partial charge is 0.494 e. The second-order valence-corrected chi connectivity index (χ2v) is 3.34. The number of carbonyl (C=O) groups is 1. The van der Waals surface area contributed by atoms with Crippen molar-refractivity contribution in [3.8, 4) is 5.75 Å². The van der Waals surface area contributed by atoms with Gasteiger partial charge < -0.3 is 15.2 Å². The normalized spacial score (nSPS) is 9.88. The van der Waals surface area contributed by atoms with Crippen LogP contribution >= 0.6 is 0 Å². The lowest BCUT2D eigenvalue weighted by Gasteiger charge is -2.07. The number of nitrogens with one attached hydrogen (secondary N) is 1. The Labute approximate surface area is 95.2 Å². The molecule has 0 saturated heterocycles. The van der Waals surface area contributed by atoms with Crippen LogP contribution in [-0.2, 0) is 4.79 Å². The minimum atomic E-state index is -0.0947. The third kappa shape index (κ3) is 4.31. The van der Waals surface area contributed by atoms with Crippen molar-refractivity contribution in [1.82, 2.24) is 0 Å². The highest BCUT2D eigenvalue weighted by Crippen LogP contribution is 2.17. The predicted octanol–water partition coefficient (Wildman–Crippen LogP) is 1.80. The molecule has 1 aromatic rings. The van der Waals surface area contributed by atoms with E-state index in [1.54, 1.807) is 12.1 Å². The maximum absolute atomic E-state index is 11.4. The lowest BCUT2D eigenvalue weighted by Crippen LogP contribution is -2.11. The molecule has 0 fully saturated rings. The minimum absolute atomic E-state index is 0.0341. The average Bonchev–Trinajstić information content (AvgIpc) is 2.27. The zero-order chi connectivity index (χ0) is 11.8. The second-order valence-electron chi connectivity index (χ2n) is 3.34. The molecule has 0 heterocycles. The second kappa shape index (κ2) is 6.85. The third-order valence-electron chi connectivity index (χ3n) is 1.99. The molecule has 0 radical (unpaired) electrons. The Morgan fingerprint density at radius 2 is 2.31 bits per heavy atom. The molecular formula is C12H17NO3. The molecule has 1 rings (SSSR count). The highest BCUT2D eigenvalue weighted by atomic mass is 16.5. The average molecular weight is 223 g/mol. The number of hydrogen-bond acceptors (Lipinski definition) is 3. The summed E-state index contributed by atoms with van der Waals surface area (Å²) in [5.74, 6) is 0.644. The molecule has 16 heavy (non-hydrogen) atoms. The Kier molecular flexibility index (Phi) is 5.36. The smallest absolute Gasteiger partial charge is 0.224 e. The van der Waals surface area contributed by atoms with E-state index in [-0.39, 0.29) is 12.5 Å². The van der Waals surface area contributed by atoms with Crippen LogP contribution in [0.5, 0.6) is 5.75 Å². The summed E-state index contributed by atoms with van der Waals surface area (Å²) in [4.78, 5) is 11.4. The number of benzene rings is 1. The summed E-state index contributed by atoms with van der Waals surface area (Å²) >= 11 is 0. The van der Waals surface area contributed by atoms with Crippen molar-refractivity contribution in [3.63, 3.8) is 0 Å². The molecule has 0 saturated carbocycles. The van der Waals surface area contributed by atoms with Gasteiger partial charge in [-0.25, -0.2) is 0 Å². The van der Waals surface area contributed by atoms with Crippen LogP contribution in [0.1, 0.15) is 19.8 Å². The number of anilines is 1. The van der Waals surface area contributed by atoms with E-state index >= 15 is 0 Å². The third-order valence-corrected chi connectivity index (χ3v) is 1.99. The monoisotopic (exact) mass is 223 g/mol. The van der Waals surface area contributed by atoms with Crippen molar-refractivity contribution in [2.75, 3.05) is 18.5 Å². The van der Waals surface area contributed by atoms with Crippen molar-refractivity contribution in [2.24, 2.45) is 0 Å². The summed E-state index contributed by atoms with van der Waals surface area (Å²) in [5, 5.41) is 11.3. The molecular weight excluding hydrogens is 206 g/mol. The zero-order valence-corrected chi connectivity index (χ0v) is 9.40. The Bertz CT molecular complexity index is 339. The van der Waals surface area contributed by atoms with E-state index in [0.29, 0.717) is 25.1 Å². The number of amides is 1. The fourth-order valence-electron chi connectivity index (χ4n) is 1.29. The van der Waals surface area contributed by atoms with Gasteiger partial charge in [-0.15, -0.1) is 0 Å². The number of rotatable bonds is 6. The van der Waals surface area contributed by atoms with Gasteiger partial charge in [-0.3, -0.25) is 4.79 Å². The first-order chi connectivity index (χ1) is 7.76. The highest BCUT2D eigenvalue weighted by molar-refractivity contribution is 5.90. The van der Waals surface area contributed by atoms with Crippen LogP contribution in [0.15, 0.2) is 24.3 Å². The van der Waals surface area contributed by atoms with Gasteiger partial charge in [-0.05, 0) is 25.5 Å². The van der Waals surface area contributed by atoms with E-state index < -0.39 is 0 Å². The van der Waals surface area contributed by atoms with Crippen molar-refractivity contribution >= 4 is 11.6 Å². The number of carbonyl (C=O) groups excluding carboxylic acids is 1. The topological polar surface area (TPSA) is 58.6 Å². The van der Waals surface area contributed by atoms with Gasteiger partial charge in [-0.1, -0.05) is 6.07 Å². The molecule has 1 aromatic carbocycles. The molecule has 0 aliphatic heterocycles. The van der Waals surface area contributed by atoms with E-state index in [2.05, 4.69) is 5.32 Å². The highest BCUT2D eigenvalue weighted by Gasteiger charge is 2.02. The lowest BCUT2D eigenvalue weighted by molar-refractivity contribution is -0.116. The summed E-state index contributed by atoms with van der Waals surface area (Å²) in [6.07, 6.45) is 0.812. The summed E-state index contributed by atoms with van der Waals surface area (Å²) < 4.78 is 5.32. The van der Waals surface area contributed by atoms with Crippen LogP contribution in [0.2, 0.25) is 0 Å². The standard InChI is InChI=1S/C12H17NO3/c1-2-16-11-6-3-5-10(9-11)13-12(15)7-4-8-14/h3,5-6,9,14H,2,4,7-8H2,1H3,(H,13,15). The first kappa shape index (κ1) is 12.5. The van der Waals surface area contributed by atoms with Crippen molar-refractivity contribution in [1.29, 1.82) is 0 Å². The van der Waals surface area contributed by atoms with Gasteiger partial charge in [0.15, 0.2) is 0 Å². The van der Waals surface area contributed by atoms with Gasteiger partial charge in [-0.2, -0.15) is 0 Å². The summed E-state index contributed by atoms with van der Waals surface area (Å²) in [6, 6.07) is 7.25. The lowest BCUT2D eigenvalue weighted by atomic mass is 10.2. The SMILES string of the molecule is CCOc1cccc(NC(=O)CCCO)c1. The van der Waals surface area contributed by atoms with E-state index in [4.69, 9.17) is 9.84 Å². The number of aliphatic hydroxyl groups excluding tert-OH is 1. The first-order valence-corrected chi connectivity index (χ1v) is 5.40. The van der Waals surface area contributed by atoms with Gasteiger partial charge in [0.1, 0.15) is 5.75 Å². The molecule has 88 valence electrons. The van der Waals surface area contributed by atoms with Crippen LogP contribution in [0.3, 0.4) is 0 Å². The van der Waals surface area contributed by atoms with Crippen molar-refractivity contribution in [3.05, 3.63) is 24.3 Å². The molecule has 4 heteroatoms. The molecule has 4 nitrogen and oxygen atoms in total. The van der Waals surface area contributed by atoms with Crippen molar-refractivity contribution in [2.45, 2.75) is 19.8 Å². The molecule has 0 atom stereocenters. The molecule has 1 amide bonds. The van der Waals surface area contributed by atoms with Gasteiger partial charge in [0.05, 0.1) is 6.61 Å². The Morgan fingerprint density at radius 1 is 1.50 bits per heavy atom. The summed E-state index contributed by atoms with van der Waals surface area (Å²) in [5.41, 5.74) is 0.717. The number of aliphatic hydroxyl groups is 1. The van der Waals surface area contributed by atoms with Gasteiger partial charge in [0, 0.05) is 24.8 Å². The molecule has 0 aromatic heterocycles. The van der Waals surface area contributed by atoms with E-state index in [1.165, 1.54) is 0 Å². The maximum Gasteiger partial charge on any atom is 0.224 e. The van der Waals surface area contributed by atoms with Crippen LogP contribution in [0.4, 0.5) is 5.69 Å². The molecule has 0 unspecified atom stereocenters. The fraction of sp³-hybridized carbons (Fsp3) is 0.417. The van der Waals surface area contributed by atoms with E-state index in [1.807, 2.05) is 19.1 Å². The van der Waals surface area contributed by atoms with Crippen molar-refractivity contribution < 1.29 is 14.6 Å². The maximum atomic E-state index is 11.4. The minimum Gasteiger partial charge on any atom is -0.494 e. The van der Waals surface area contributed by atoms with Crippen LogP contribution < -0.4 is 10.1 Å². The van der Waals surface area contributed by atoms with Crippen LogP contribution in [0.25, 0.3) is 0 Å². The first-order valence-electron chi connectivity index (χ1n) is 5.40. The molecule has 0 aliphatic rings. The Balaban J connectivity index is 2.52. The van der Waals surface area contributed by atoms with Gasteiger partial charge in [0.25, 0.3) is 0 Å². The zero-order valence-electron chi connectivity index (χ0n) is 9.40. The Hall–Kier alpha value is -1.55. The number of ether oxygens (including phenoxy) is 1. The van der Waals surface area contributed by atoms with Gasteiger partial charge >= 0.3 is 0 Å². The molecule has 0 bridgehead atoms. The van der Waals surface area contributed by atoms with Gasteiger partial charge in [0.2, 0.25) is 5.91 Å². The van der Waals surface area contributed by atoms with E-state index in [0.717, 1.165) is 5.75 Å². The summed E-state index contributed by atoms with van der Waals surface area (Å²) in [7, 11) is 0. The van der Waals surface area contributed by atoms with E-state index in [9.17, 15) is 4.79 Å². The fourth-order valence-corrected chi connectivity index (χ4v) is 1.29. The van der Waals surface area contributed by atoms with Crippen LogP contribution in [-0.4, -0.2) is 24.2 Å². The molecule has 0 aliphatic carbocycles. The molecule has 2 N–H and O–H groups in total. The number of hydrogen-bond donors (Lipinski definition) is 2. The van der Waals surface area contributed by atoms with Crippen LogP contribution in [0, 0.1) is 0 Å². The quantitative estimate of drug-likeness (QED) is 0.773. The summed E-state index contributed by atoms with van der Waals surface area (Å²) in [6.45, 7) is 2.54. The molecule has 0 spiro atoms. The predicted molar refractivity (Wildman–Crippen MR) is 62.6 cm³/mol. The Morgan fingerprint density at radius 3 is 3.00 bits per heavy atom.